The number of pyridine rings is 1. The molecule has 4 heterocycles. The number of rotatable bonds is 7. The Morgan fingerprint density at radius 1 is 1.10 bits per heavy atom. The molecule has 3 N–H and O–H groups in total. The average Bonchev–Trinajstić information content (AvgIpc) is 3.15. The van der Waals surface area contributed by atoms with Crippen LogP contribution < -0.4 is 16.3 Å². The predicted molar refractivity (Wildman–Crippen MR) is 150 cm³/mol. The van der Waals surface area contributed by atoms with Crippen molar-refractivity contribution in [1.82, 2.24) is 35.0 Å². The van der Waals surface area contributed by atoms with Gasteiger partial charge in [0.05, 0.1) is 11.3 Å². The maximum atomic E-state index is 14.7. The van der Waals surface area contributed by atoms with Crippen LogP contribution in [-0.2, 0) is 0 Å². The molecule has 2 atom stereocenters. The van der Waals surface area contributed by atoms with E-state index in [2.05, 4.69) is 34.1 Å². The molecule has 9 nitrogen and oxygen atoms in total. The van der Waals surface area contributed by atoms with Gasteiger partial charge in [-0.2, -0.15) is 0 Å². The molecule has 0 bridgehead atoms. The third-order valence-electron chi connectivity index (χ3n) is 8.06. The molecule has 0 spiro atoms. The Morgan fingerprint density at radius 3 is 2.67 bits per heavy atom. The predicted octanol–water partition coefficient (Wildman–Crippen LogP) is 4.07. The molecule has 2 aliphatic heterocycles. The lowest BCUT2D eigenvalue weighted by Gasteiger charge is -2.34. The van der Waals surface area contributed by atoms with Crippen LogP contribution in [0.2, 0.25) is 0 Å². The SMILES string of the molecule is C=C(NCCC)N1C[C@H](NC(=O)N2CCC(n3c(=O)[nH]c4ncccc43)CC2)CC[C@@H](c2cccc(F)c2F)C1. The van der Waals surface area contributed by atoms with Gasteiger partial charge in [-0.05, 0) is 55.9 Å². The number of amides is 2. The molecule has 40 heavy (non-hydrogen) atoms. The summed E-state index contributed by atoms with van der Waals surface area (Å²) in [6.45, 7) is 9.02. The Morgan fingerprint density at radius 2 is 1.90 bits per heavy atom. The highest BCUT2D eigenvalue weighted by atomic mass is 19.2. The van der Waals surface area contributed by atoms with Gasteiger partial charge in [0.25, 0.3) is 0 Å². The van der Waals surface area contributed by atoms with Crippen molar-refractivity contribution in [3.8, 4) is 0 Å². The number of nitrogens with zero attached hydrogens (tertiary/aromatic N) is 4. The molecule has 11 heteroatoms. The van der Waals surface area contributed by atoms with Crippen molar-refractivity contribution in [3.05, 3.63) is 76.6 Å². The molecule has 2 aliphatic rings. The number of aromatic nitrogens is 3. The largest absolute Gasteiger partial charge is 0.372 e. The number of urea groups is 1. The highest BCUT2D eigenvalue weighted by Gasteiger charge is 2.31. The first-order chi connectivity index (χ1) is 19.4. The average molecular weight is 554 g/mol. The Balaban J connectivity index is 1.24. The second kappa shape index (κ2) is 12.1. The fourth-order valence-corrected chi connectivity index (χ4v) is 5.91. The maximum absolute atomic E-state index is 14.7. The molecule has 0 radical (unpaired) electrons. The molecule has 0 aliphatic carbocycles. The van der Waals surface area contributed by atoms with Crippen molar-refractivity contribution < 1.29 is 13.6 Å². The second-order valence-corrected chi connectivity index (χ2v) is 10.7. The summed E-state index contributed by atoms with van der Waals surface area (Å²) in [5, 5.41) is 6.49. The van der Waals surface area contributed by atoms with Crippen molar-refractivity contribution in [2.45, 2.75) is 57.0 Å². The van der Waals surface area contributed by atoms with Crippen LogP contribution >= 0.6 is 0 Å². The molecule has 1 aromatic carbocycles. The number of hydrogen-bond donors (Lipinski definition) is 3. The summed E-state index contributed by atoms with van der Waals surface area (Å²) < 4.78 is 30.5. The van der Waals surface area contributed by atoms with E-state index in [4.69, 9.17) is 0 Å². The van der Waals surface area contributed by atoms with E-state index < -0.39 is 11.6 Å². The zero-order valence-corrected chi connectivity index (χ0v) is 22.8. The van der Waals surface area contributed by atoms with Gasteiger partial charge in [0.15, 0.2) is 17.3 Å². The maximum Gasteiger partial charge on any atom is 0.327 e. The Hall–Kier alpha value is -3.89. The van der Waals surface area contributed by atoms with E-state index in [-0.39, 0.29) is 29.7 Å². The monoisotopic (exact) mass is 553 g/mol. The first kappa shape index (κ1) is 27.7. The number of benzene rings is 1. The zero-order chi connectivity index (χ0) is 28.2. The van der Waals surface area contributed by atoms with Gasteiger partial charge in [-0.1, -0.05) is 25.6 Å². The lowest BCUT2D eigenvalue weighted by Crippen LogP contribution is -2.51. The van der Waals surface area contributed by atoms with Gasteiger partial charge in [0.2, 0.25) is 0 Å². The number of carbonyl (C=O) groups excluding carboxylic acids is 1. The van der Waals surface area contributed by atoms with Crippen molar-refractivity contribution in [2.75, 3.05) is 32.7 Å². The van der Waals surface area contributed by atoms with Gasteiger partial charge >= 0.3 is 11.7 Å². The normalized spacial score (nSPS) is 20.4. The van der Waals surface area contributed by atoms with E-state index in [9.17, 15) is 18.4 Å². The molecular weight excluding hydrogens is 516 g/mol. The molecule has 5 rings (SSSR count). The zero-order valence-electron chi connectivity index (χ0n) is 22.8. The van der Waals surface area contributed by atoms with Gasteiger partial charge in [0.1, 0.15) is 0 Å². The van der Waals surface area contributed by atoms with Gasteiger partial charge in [-0.25, -0.2) is 23.4 Å². The lowest BCUT2D eigenvalue weighted by molar-refractivity contribution is 0.165. The number of H-pyrrole nitrogens is 1. The van der Waals surface area contributed by atoms with Crippen molar-refractivity contribution in [1.29, 1.82) is 0 Å². The molecule has 0 unspecified atom stereocenters. The highest BCUT2D eigenvalue weighted by molar-refractivity contribution is 5.75. The van der Waals surface area contributed by atoms with Crippen LogP contribution in [0, 0.1) is 11.6 Å². The number of imidazole rings is 1. The van der Waals surface area contributed by atoms with Crippen molar-refractivity contribution in [2.24, 2.45) is 0 Å². The summed E-state index contributed by atoms with van der Waals surface area (Å²) in [6, 6.07) is 7.64. The fraction of sp³-hybridized carbons (Fsp3) is 0.483. The van der Waals surface area contributed by atoms with E-state index >= 15 is 0 Å². The number of likely N-dealkylation sites (tertiary alicyclic amines) is 2. The minimum atomic E-state index is -0.851. The third-order valence-corrected chi connectivity index (χ3v) is 8.06. The Labute approximate surface area is 232 Å². The standard InChI is InChI=1S/C29H37F2N7O2/c1-3-13-32-19(2)37-17-20(23-6-4-7-24(30)26(23)31)9-10-21(18-37)34-28(39)36-15-11-22(12-16-36)38-25-8-5-14-33-27(25)35-29(38)40/h4-8,14,20-22,32H,2-3,9-13,15-18H2,1H3,(H,34,39)(H,33,35,40)/t20-,21-/m1/s1. The van der Waals surface area contributed by atoms with Gasteiger partial charge in [0, 0.05) is 56.9 Å². The number of hydrogen-bond acceptors (Lipinski definition) is 5. The first-order valence-corrected chi connectivity index (χ1v) is 14.1. The quantitative estimate of drug-likeness (QED) is 0.410. The summed E-state index contributed by atoms with van der Waals surface area (Å²) in [5.41, 5.74) is 1.51. The number of halogens is 2. The molecule has 2 amide bonds. The smallest absolute Gasteiger partial charge is 0.327 e. The molecule has 2 saturated heterocycles. The summed E-state index contributed by atoms with van der Waals surface area (Å²) in [7, 11) is 0. The number of fused-ring (bicyclic) bond motifs is 1. The van der Waals surface area contributed by atoms with E-state index in [0.717, 1.165) is 24.5 Å². The highest BCUT2D eigenvalue weighted by Crippen LogP contribution is 2.31. The van der Waals surface area contributed by atoms with E-state index in [0.29, 0.717) is 68.9 Å². The minimum absolute atomic E-state index is 0.0160. The van der Waals surface area contributed by atoms with E-state index in [1.165, 1.54) is 6.07 Å². The van der Waals surface area contributed by atoms with Gasteiger partial charge in [-0.15, -0.1) is 0 Å². The van der Waals surface area contributed by atoms with Crippen LogP contribution in [0.3, 0.4) is 0 Å². The van der Waals surface area contributed by atoms with Gasteiger partial charge in [-0.3, -0.25) is 9.55 Å². The van der Waals surface area contributed by atoms with Crippen LogP contribution in [0.1, 0.15) is 56.6 Å². The van der Waals surface area contributed by atoms with Crippen LogP contribution in [0.25, 0.3) is 11.2 Å². The molecular formula is C29H37F2N7O2. The first-order valence-electron chi connectivity index (χ1n) is 14.1. The van der Waals surface area contributed by atoms with Crippen LogP contribution in [-0.4, -0.2) is 69.1 Å². The van der Waals surface area contributed by atoms with E-state index in [1.54, 1.807) is 21.7 Å². The molecule has 3 aromatic rings. The summed E-state index contributed by atoms with van der Waals surface area (Å²) in [6.07, 6.45) is 5.11. The van der Waals surface area contributed by atoms with E-state index in [1.807, 2.05) is 17.0 Å². The number of aromatic amines is 1. The Bertz CT molecular complexity index is 1410. The summed E-state index contributed by atoms with van der Waals surface area (Å²) >= 11 is 0. The molecule has 2 aromatic heterocycles. The van der Waals surface area contributed by atoms with Crippen LogP contribution in [0.15, 0.2) is 53.7 Å². The minimum Gasteiger partial charge on any atom is -0.372 e. The Kier molecular flexibility index (Phi) is 8.37. The summed E-state index contributed by atoms with van der Waals surface area (Å²) in [4.78, 5) is 36.8. The van der Waals surface area contributed by atoms with Gasteiger partial charge < -0.3 is 20.4 Å². The lowest BCUT2D eigenvalue weighted by atomic mass is 9.93. The van der Waals surface area contributed by atoms with Crippen LogP contribution in [0.4, 0.5) is 13.6 Å². The molecule has 214 valence electrons. The number of piperidine rings is 1. The van der Waals surface area contributed by atoms with Crippen LogP contribution in [0.5, 0.6) is 0 Å². The topological polar surface area (TPSA) is 98.3 Å². The summed E-state index contributed by atoms with van der Waals surface area (Å²) in [5.74, 6) is -1.19. The number of carbonyl (C=O) groups is 1. The second-order valence-electron chi connectivity index (χ2n) is 10.7. The molecule has 2 fully saturated rings. The molecule has 0 saturated carbocycles. The van der Waals surface area contributed by atoms with Crippen molar-refractivity contribution in [3.63, 3.8) is 0 Å². The third kappa shape index (κ3) is 5.83. The van der Waals surface area contributed by atoms with Crippen molar-refractivity contribution >= 4 is 17.2 Å². The fourth-order valence-electron chi connectivity index (χ4n) is 5.91. The number of nitrogens with one attached hydrogen (secondary N) is 3.